The fraction of sp³-hybridized carbons (Fsp3) is 0.391. The minimum Gasteiger partial charge on any atom is -0.481 e. The summed E-state index contributed by atoms with van der Waals surface area (Å²) in [6.07, 6.45) is 0.728. The van der Waals surface area contributed by atoms with E-state index >= 15 is 0 Å². The zero-order valence-electron chi connectivity index (χ0n) is 17.5. The fourth-order valence-corrected chi connectivity index (χ4v) is 5.15. The lowest BCUT2D eigenvalue weighted by Crippen LogP contribution is -2.43. The fourth-order valence-electron chi connectivity index (χ4n) is 4.01. The molecule has 2 aliphatic rings. The van der Waals surface area contributed by atoms with E-state index in [1.165, 1.54) is 10.6 Å². The molecule has 1 N–H and O–H groups in total. The average Bonchev–Trinajstić information content (AvgIpc) is 3.18. The van der Waals surface area contributed by atoms with Crippen LogP contribution in [-0.4, -0.2) is 54.0 Å². The van der Waals surface area contributed by atoms with E-state index in [0.29, 0.717) is 6.54 Å². The maximum atomic E-state index is 12.3. The molecular weight excluding hydrogens is 434 g/mol. The molecule has 164 valence electrons. The first kappa shape index (κ1) is 22.0. The molecule has 0 radical (unpaired) electrons. The van der Waals surface area contributed by atoms with Crippen LogP contribution >= 0.6 is 23.5 Å². The zero-order valence-corrected chi connectivity index (χ0v) is 19.1. The van der Waals surface area contributed by atoms with Gasteiger partial charge >= 0.3 is 5.97 Å². The zero-order chi connectivity index (χ0) is 22.0. The molecule has 6 nitrogen and oxygen atoms in total. The number of aliphatic carboxylic acids is 1. The van der Waals surface area contributed by atoms with Crippen LogP contribution in [0.5, 0.6) is 0 Å². The molecule has 2 aliphatic heterocycles. The van der Waals surface area contributed by atoms with E-state index in [1.807, 2.05) is 19.1 Å². The van der Waals surface area contributed by atoms with Crippen molar-refractivity contribution in [2.45, 2.75) is 31.1 Å². The van der Waals surface area contributed by atoms with E-state index in [9.17, 15) is 9.59 Å². The van der Waals surface area contributed by atoms with E-state index in [0.717, 1.165) is 54.4 Å². The van der Waals surface area contributed by atoms with Crippen molar-refractivity contribution in [3.8, 4) is 0 Å². The summed E-state index contributed by atoms with van der Waals surface area (Å²) in [6, 6.07) is 12.5. The Labute approximate surface area is 191 Å². The Morgan fingerprint density at radius 3 is 2.52 bits per heavy atom. The number of anilines is 2. The summed E-state index contributed by atoms with van der Waals surface area (Å²) in [5.41, 5.74) is 4.34. The third kappa shape index (κ3) is 5.17. The van der Waals surface area contributed by atoms with Crippen molar-refractivity contribution >= 4 is 46.8 Å². The molecule has 0 bridgehead atoms. The van der Waals surface area contributed by atoms with Crippen LogP contribution in [-0.2, 0) is 16.0 Å². The first-order valence-corrected chi connectivity index (χ1v) is 11.6. The third-order valence-corrected chi connectivity index (χ3v) is 7.29. The standard InChI is InChI=1S/C23H26ClN3O3S/c1-16-2-3-18(15-20(16)24)25-10-12-26(13-11-25)31-19-4-5-21-17(14-19)8-9-27(21)22(28)6-7-23(29)30/h2-5,14-15H,6-13H2,1H3,(H,29,30). The van der Waals surface area contributed by atoms with E-state index < -0.39 is 5.97 Å². The second-order valence-corrected chi connectivity index (χ2v) is 9.50. The van der Waals surface area contributed by atoms with Crippen LogP contribution in [0.3, 0.4) is 0 Å². The van der Waals surface area contributed by atoms with E-state index in [2.05, 4.69) is 33.5 Å². The van der Waals surface area contributed by atoms with Crippen molar-refractivity contribution in [1.29, 1.82) is 0 Å². The van der Waals surface area contributed by atoms with Gasteiger partial charge in [0.2, 0.25) is 5.91 Å². The summed E-state index contributed by atoms with van der Waals surface area (Å²) in [7, 11) is 0. The quantitative estimate of drug-likeness (QED) is 0.652. The Morgan fingerprint density at radius 1 is 1.03 bits per heavy atom. The van der Waals surface area contributed by atoms with Crippen LogP contribution in [0.2, 0.25) is 5.02 Å². The number of piperazine rings is 1. The number of carbonyl (C=O) groups is 2. The number of hydrogen-bond donors (Lipinski definition) is 1. The second-order valence-electron chi connectivity index (χ2n) is 7.92. The summed E-state index contributed by atoms with van der Waals surface area (Å²) >= 11 is 8.04. The normalized spacial score (nSPS) is 16.5. The number of nitrogens with zero attached hydrogens (tertiary/aromatic N) is 3. The van der Waals surface area contributed by atoms with Crippen LogP contribution < -0.4 is 9.80 Å². The number of carbonyl (C=O) groups excluding carboxylic acids is 1. The van der Waals surface area contributed by atoms with E-state index in [-0.39, 0.29) is 18.7 Å². The molecule has 0 unspecified atom stereocenters. The third-order valence-electron chi connectivity index (χ3n) is 5.79. The van der Waals surface area contributed by atoms with Gasteiger partial charge in [-0.25, -0.2) is 4.31 Å². The van der Waals surface area contributed by atoms with Crippen molar-refractivity contribution in [2.24, 2.45) is 0 Å². The number of fused-ring (bicyclic) bond motifs is 1. The van der Waals surface area contributed by atoms with Gasteiger partial charge in [-0.15, -0.1) is 0 Å². The Balaban J connectivity index is 1.33. The highest BCUT2D eigenvalue weighted by Crippen LogP contribution is 2.34. The average molecular weight is 460 g/mol. The first-order valence-electron chi connectivity index (χ1n) is 10.5. The van der Waals surface area contributed by atoms with Crippen LogP contribution in [0.1, 0.15) is 24.0 Å². The monoisotopic (exact) mass is 459 g/mol. The molecule has 1 fully saturated rings. The Kier molecular flexibility index (Phi) is 6.74. The van der Waals surface area contributed by atoms with Crippen LogP contribution in [0.15, 0.2) is 41.3 Å². The lowest BCUT2D eigenvalue weighted by atomic mass is 10.2. The minimum absolute atomic E-state index is 0.0434. The molecule has 8 heteroatoms. The predicted octanol–water partition coefficient (Wildman–Crippen LogP) is 4.23. The Morgan fingerprint density at radius 2 is 1.81 bits per heavy atom. The minimum atomic E-state index is -0.940. The van der Waals surface area contributed by atoms with Gasteiger partial charge in [0.15, 0.2) is 0 Å². The summed E-state index contributed by atoms with van der Waals surface area (Å²) in [5, 5.41) is 9.62. The summed E-state index contributed by atoms with van der Waals surface area (Å²) in [6.45, 7) is 6.44. The van der Waals surface area contributed by atoms with Crippen molar-refractivity contribution in [3.63, 3.8) is 0 Å². The predicted molar refractivity (Wildman–Crippen MR) is 125 cm³/mol. The second kappa shape index (κ2) is 9.51. The molecule has 0 atom stereocenters. The highest BCUT2D eigenvalue weighted by atomic mass is 35.5. The number of benzene rings is 2. The number of carboxylic acids is 1. The van der Waals surface area contributed by atoms with Gasteiger partial charge in [0.25, 0.3) is 0 Å². The summed E-state index contributed by atoms with van der Waals surface area (Å²) < 4.78 is 2.37. The molecule has 2 heterocycles. The number of aryl methyl sites for hydroxylation is 1. The molecule has 4 rings (SSSR count). The number of amides is 1. The lowest BCUT2D eigenvalue weighted by molar-refractivity contribution is -0.138. The number of halogens is 1. The SMILES string of the molecule is Cc1ccc(N2CCN(Sc3ccc4c(c3)CCN4C(=O)CCC(=O)O)CC2)cc1Cl. The van der Waals surface area contributed by atoms with Gasteiger partial charge in [0.1, 0.15) is 0 Å². The van der Waals surface area contributed by atoms with Crippen LogP contribution in [0.4, 0.5) is 11.4 Å². The van der Waals surface area contributed by atoms with E-state index in [1.54, 1.807) is 16.8 Å². The maximum absolute atomic E-state index is 12.3. The van der Waals surface area contributed by atoms with Gasteiger partial charge < -0.3 is 14.9 Å². The molecule has 31 heavy (non-hydrogen) atoms. The highest BCUT2D eigenvalue weighted by molar-refractivity contribution is 7.97. The molecule has 1 amide bonds. The smallest absolute Gasteiger partial charge is 0.303 e. The van der Waals surface area contributed by atoms with Crippen LogP contribution in [0, 0.1) is 6.92 Å². The van der Waals surface area contributed by atoms with Gasteiger partial charge in [-0.05, 0) is 66.8 Å². The van der Waals surface area contributed by atoms with Gasteiger partial charge in [0, 0.05) is 60.4 Å². The molecule has 2 aromatic rings. The summed E-state index contributed by atoms with van der Waals surface area (Å²) in [4.78, 5) is 28.3. The van der Waals surface area contributed by atoms with Gasteiger partial charge in [-0.3, -0.25) is 9.59 Å². The van der Waals surface area contributed by atoms with Crippen LogP contribution in [0.25, 0.3) is 0 Å². The van der Waals surface area contributed by atoms with Gasteiger partial charge in [-0.1, -0.05) is 17.7 Å². The number of hydrogen-bond acceptors (Lipinski definition) is 5. The molecule has 0 aromatic heterocycles. The Hall–Kier alpha value is -2.22. The number of rotatable bonds is 6. The topological polar surface area (TPSA) is 64.1 Å². The molecule has 0 spiro atoms. The molecular formula is C23H26ClN3O3S. The maximum Gasteiger partial charge on any atom is 0.303 e. The molecule has 0 saturated carbocycles. The molecule has 1 saturated heterocycles. The largest absolute Gasteiger partial charge is 0.481 e. The summed E-state index contributed by atoms with van der Waals surface area (Å²) in [5.74, 6) is -1.06. The van der Waals surface area contributed by atoms with Gasteiger partial charge in [-0.2, -0.15) is 0 Å². The first-order chi connectivity index (χ1) is 14.9. The van der Waals surface area contributed by atoms with E-state index in [4.69, 9.17) is 16.7 Å². The van der Waals surface area contributed by atoms with Crippen molar-refractivity contribution in [3.05, 3.63) is 52.5 Å². The lowest BCUT2D eigenvalue weighted by Gasteiger charge is -2.35. The van der Waals surface area contributed by atoms with Crippen molar-refractivity contribution in [2.75, 3.05) is 42.5 Å². The van der Waals surface area contributed by atoms with Gasteiger partial charge in [0.05, 0.1) is 6.42 Å². The number of carboxylic acid groups (broad SMARTS) is 1. The molecule has 0 aliphatic carbocycles. The van der Waals surface area contributed by atoms with Crippen molar-refractivity contribution in [1.82, 2.24) is 4.31 Å². The highest BCUT2D eigenvalue weighted by Gasteiger charge is 2.26. The Bertz CT molecular complexity index is 992. The van der Waals surface area contributed by atoms with Crippen molar-refractivity contribution < 1.29 is 14.7 Å². The molecule has 2 aromatic carbocycles.